The Hall–Kier alpha value is -1.42. The number of hydrogen-bond acceptors (Lipinski definition) is 2. The summed E-state index contributed by atoms with van der Waals surface area (Å²) >= 11 is 0. The third kappa shape index (κ3) is 2.46. The Kier molecular flexibility index (Phi) is 3.98. The first-order chi connectivity index (χ1) is 10.2. The van der Waals surface area contributed by atoms with Crippen LogP contribution in [0.4, 0.5) is 10.1 Å². The SMILES string of the molecule is CNCCCC(=O)N1CC2(CCCC2)c2c(F)cccc21. The standard InChI is InChI=1S/C17H23FN2O/c1-19-11-5-8-15(21)20-12-17(9-2-3-10-17)16-13(18)6-4-7-14(16)20/h4,6-7,19H,2-3,5,8-12H2,1H3. The smallest absolute Gasteiger partial charge is 0.227 e. The van der Waals surface area contributed by atoms with Crippen molar-refractivity contribution < 1.29 is 9.18 Å². The molecule has 1 saturated carbocycles. The van der Waals surface area contributed by atoms with E-state index in [2.05, 4.69) is 5.32 Å². The number of halogens is 1. The Labute approximate surface area is 125 Å². The van der Waals surface area contributed by atoms with E-state index in [1.807, 2.05) is 18.0 Å². The fourth-order valence-corrected chi connectivity index (χ4v) is 3.96. The quantitative estimate of drug-likeness (QED) is 0.865. The lowest BCUT2D eigenvalue weighted by atomic mass is 9.80. The zero-order chi connectivity index (χ0) is 14.9. The van der Waals surface area contributed by atoms with Crippen molar-refractivity contribution in [2.24, 2.45) is 0 Å². The molecule has 0 saturated heterocycles. The van der Waals surface area contributed by atoms with Crippen LogP contribution in [0.15, 0.2) is 18.2 Å². The molecule has 1 heterocycles. The Morgan fingerprint density at radius 3 is 2.86 bits per heavy atom. The Morgan fingerprint density at radius 2 is 2.14 bits per heavy atom. The molecule has 1 aromatic rings. The van der Waals surface area contributed by atoms with Crippen molar-refractivity contribution in [3.05, 3.63) is 29.6 Å². The molecule has 1 spiro atoms. The minimum absolute atomic E-state index is 0.126. The molecule has 1 aliphatic carbocycles. The summed E-state index contributed by atoms with van der Waals surface area (Å²) in [5.41, 5.74) is 1.48. The number of anilines is 1. The van der Waals surface area contributed by atoms with Gasteiger partial charge in [-0.15, -0.1) is 0 Å². The highest BCUT2D eigenvalue weighted by Gasteiger charge is 2.47. The minimum Gasteiger partial charge on any atom is -0.320 e. The van der Waals surface area contributed by atoms with E-state index in [1.165, 1.54) is 6.07 Å². The molecule has 1 aliphatic heterocycles. The first kappa shape index (κ1) is 14.5. The number of benzene rings is 1. The van der Waals surface area contributed by atoms with Gasteiger partial charge in [0.2, 0.25) is 5.91 Å². The first-order valence-electron chi connectivity index (χ1n) is 7.92. The molecule has 0 radical (unpaired) electrons. The Balaban J connectivity index is 1.88. The van der Waals surface area contributed by atoms with Crippen molar-refractivity contribution >= 4 is 11.6 Å². The topological polar surface area (TPSA) is 32.3 Å². The maximum absolute atomic E-state index is 14.4. The largest absolute Gasteiger partial charge is 0.320 e. The third-order valence-corrected chi connectivity index (χ3v) is 4.95. The van der Waals surface area contributed by atoms with Gasteiger partial charge in [-0.2, -0.15) is 0 Å². The molecule has 0 bridgehead atoms. The van der Waals surface area contributed by atoms with Gasteiger partial charge in [0.1, 0.15) is 5.82 Å². The predicted molar refractivity (Wildman–Crippen MR) is 82.1 cm³/mol. The molecule has 114 valence electrons. The van der Waals surface area contributed by atoms with E-state index in [1.54, 1.807) is 6.07 Å². The molecule has 0 atom stereocenters. The molecule has 1 N–H and O–H groups in total. The van der Waals surface area contributed by atoms with E-state index in [0.717, 1.165) is 49.9 Å². The van der Waals surface area contributed by atoms with Crippen LogP contribution in [0.25, 0.3) is 0 Å². The number of hydrogen-bond donors (Lipinski definition) is 1. The number of amides is 1. The molecule has 1 amide bonds. The molecule has 3 rings (SSSR count). The van der Waals surface area contributed by atoms with Crippen molar-refractivity contribution in [1.82, 2.24) is 5.32 Å². The average molecular weight is 290 g/mol. The molecular weight excluding hydrogens is 267 g/mol. The molecule has 3 nitrogen and oxygen atoms in total. The number of nitrogens with zero attached hydrogens (tertiary/aromatic N) is 1. The van der Waals surface area contributed by atoms with Crippen LogP contribution in [0.1, 0.15) is 44.1 Å². The zero-order valence-corrected chi connectivity index (χ0v) is 12.6. The summed E-state index contributed by atoms with van der Waals surface area (Å²) in [6.07, 6.45) is 5.62. The summed E-state index contributed by atoms with van der Waals surface area (Å²) in [6.45, 7) is 1.50. The van der Waals surface area contributed by atoms with Crippen molar-refractivity contribution in [1.29, 1.82) is 0 Å². The van der Waals surface area contributed by atoms with Gasteiger partial charge < -0.3 is 10.2 Å². The van der Waals surface area contributed by atoms with E-state index in [0.29, 0.717) is 13.0 Å². The van der Waals surface area contributed by atoms with Crippen LogP contribution < -0.4 is 10.2 Å². The number of carbonyl (C=O) groups is 1. The van der Waals surface area contributed by atoms with Gasteiger partial charge in [-0.25, -0.2) is 4.39 Å². The van der Waals surface area contributed by atoms with Crippen LogP contribution in [0, 0.1) is 5.82 Å². The van der Waals surface area contributed by atoms with Gasteiger partial charge in [-0.05, 0) is 45.0 Å². The lowest BCUT2D eigenvalue weighted by molar-refractivity contribution is -0.118. The minimum atomic E-state index is -0.139. The van der Waals surface area contributed by atoms with Crippen LogP contribution >= 0.6 is 0 Å². The number of carbonyl (C=O) groups excluding carboxylic acids is 1. The highest BCUT2D eigenvalue weighted by atomic mass is 19.1. The lowest BCUT2D eigenvalue weighted by Crippen LogP contribution is -2.35. The van der Waals surface area contributed by atoms with Crippen molar-refractivity contribution in [2.45, 2.75) is 43.9 Å². The molecule has 4 heteroatoms. The maximum Gasteiger partial charge on any atom is 0.227 e. The Morgan fingerprint density at radius 1 is 1.38 bits per heavy atom. The van der Waals surface area contributed by atoms with Crippen LogP contribution in [0.3, 0.4) is 0 Å². The summed E-state index contributed by atoms with van der Waals surface area (Å²) in [4.78, 5) is 14.3. The molecule has 0 unspecified atom stereocenters. The van der Waals surface area contributed by atoms with E-state index in [9.17, 15) is 9.18 Å². The van der Waals surface area contributed by atoms with Gasteiger partial charge in [-0.3, -0.25) is 4.79 Å². The maximum atomic E-state index is 14.4. The fourth-order valence-electron chi connectivity index (χ4n) is 3.96. The van der Waals surface area contributed by atoms with Gasteiger partial charge >= 0.3 is 0 Å². The monoisotopic (exact) mass is 290 g/mol. The summed E-state index contributed by atoms with van der Waals surface area (Å²) in [7, 11) is 1.89. The lowest BCUT2D eigenvalue weighted by Gasteiger charge is -2.25. The highest BCUT2D eigenvalue weighted by Crippen LogP contribution is 2.51. The van der Waals surface area contributed by atoms with Gasteiger partial charge in [0, 0.05) is 23.9 Å². The average Bonchev–Trinajstić information content (AvgIpc) is 3.06. The number of rotatable bonds is 4. The zero-order valence-electron chi connectivity index (χ0n) is 12.6. The summed E-state index contributed by atoms with van der Waals surface area (Å²) < 4.78 is 14.4. The van der Waals surface area contributed by atoms with E-state index in [-0.39, 0.29) is 17.1 Å². The number of nitrogens with one attached hydrogen (secondary N) is 1. The van der Waals surface area contributed by atoms with Gasteiger partial charge in [-0.1, -0.05) is 18.9 Å². The molecule has 1 fully saturated rings. The summed E-state index contributed by atoms with van der Waals surface area (Å²) in [5.74, 6) is -0.0131. The molecular formula is C17H23FN2O. The number of fused-ring (bicyclic) bond motifs is 2. The van der Waals surface area contributed by atoms with Gasteiger partial charge in [0.05, 0.1) is 5.69 Å². The fraction of sp³-hybridized carbons (Fsp3) is 0.588. The van der Waals surface area contributed by atoms with Gasteiger partial charge in [0.25, 0.3) is 0 Å². The van der Waals surface area contributed by atoms with Gasteiger partial charge in [0.15, 0.2) is 0 Å². The predicted octanol–water partition coefficient (Wildman–Crippen LogP) is 2.98. The van der Waals surface area contributed by atoms with Crippen molar-refractivity contribution in [3.8, 4) is 0 Å². The van der Waals surface area contributed by atoms with E-state index < -0.39 is 0 Å². The third-order valence-electron chi connectivity index (χ3n) is 4.95. The van der Waals surface area contributed by atoms with Crippen LogP contribution in [-0.4, -0.2) is 26.0 Å². The van der Waals surface area contributed by atoms with Crippen LogP contribution in [0.2, 0.25) is 0 Å². The van der Waals surface area contributed by atoms with Crippen molar-refractivity contribution in [3.63, 3.8) is 0 Å². The second-order valence-electron chi connectivity index (χ2n) is 6.31. The normalized spacial score (nSPS) is 19.2. The van der Waals surface area contributed by atoms with Crippen molar-refractivity contribution in [2.75, 3.05) is 25.0 Å². The second-order valence-corrected chi connectivity index (χ2v) is 6.31. The van der Waals surface area contributed by atoms with Crippen LogP contribution in [0.5, 0.6) is 0 Å². The molecule has 2 aliphatic rings. The molecule has 0 aromatic heterocycles. The molecule has 21 heavy (non-hydrogen) atoms. The Bertz CT molecular complexity index is 538. The van der Waals surface area contributed by atoms with E-state index in [4.69, 9.17) is 0 Å². The molecule has 1 aromatic carbocycles. The summed E-state index contributed by atoms with van der Waals surface area (Å²) in [5, 5.41) is 3.06. The highest BCUT2D eigenvalue weighted by molar-refractivity contribution is 5.96. The summed E-state index contributed by atoms with van der Waals surface area (Å²) in [6, 6.07) is 5.16. The first-order valence-corrected chi connectivity index (χ1v) is 7.92. The second kappa shape index (κ2) is 5.76. The van der Waals surface area contributed by atoms with Crippen LogP contribution in [-0.2, 0) is 10.2 Å². The van der Waals surface area contributed by atoms with E-state index >= 15 is 0 Å².